The Morgan fingerprint density at radius 2 is 2.14 bits per heavy atom. The van der Waals surface area contributed by atoms with Crippen molar-refractivity contribution in [3.8, 4) is 0 Å². The number of rotatable bonds is 4. The molecule has 0 bridgehead atoms. The molecule has 1 saturated heterocycles. The Bertz CT molecular complexity index is 242. The first-order valence-electron chi connectivity index (χ1n) is 4.29. The molecule has 0 aliphatic carbocycles. The molecule has 0 unspecified atom stereocenters. The third-order valence-electron chi connectivity index (χ3n) is 2.27. The first-order chi connectivity index (χ1) is 6.52. The van der Waals surface area contributed by atoms with E-state index >= 15 is 0 Å². The van der Waals surface area contributed by atoms with Gasteiger partial charge in [0.15, 0.2) is 0 Å². The zero-order chi connectivity index (χ0) is 10.7. The Morgan fingerprint density at radius 3 is 2.64 bits per heavy atom. The number of nitrogens with zero attached hydrogens (tertiary/aromatic N) is 1. The summed E-state index contributed by atoms with van der Waals surface area (Å²) in [6.07, 6.45) is 0.0365. The van der Waals surface area contributed by atoms with Gasteiger partial charge in [-0.25, -0.2) is 4.79 Å². The first kappa shape index (κ1) is 10.9. The summed E-state index contributed by atoms with van der Waals surface area (Å²) in [5.41, 5.74) is 0. The predicted octanol–water partition coefficient (Wildman–Crippen LogP) is -0.755. The molecule has 80 valence electrons. The summed E-state index contributed by atoms with van der Waals surface area (Å²) in [6.45, 7) is 0.170. The van der Waals surface area contributed by atoms with Gasteiger partial charge in [0.2, 0.25) is 0 Å². The standard InChI is InChI=1S/C8H13NO5/c1-9-3-2-5(7(9)8(12)13)14-4-6(10)11/h5,7H,2-4H2,1H3,(H,10,11)(H,12,13)/t5-,7+/m1/s1. The Balaban J connectivity index is 2.51. The van der Waals surface area contributed by atoms with Gasteiger partial charge in [-0.1, -0.05) is 0 Å². The lowest BCUT2D eigenvalue weighted by Crippen LogP contribution is -2.41. The van der Waals surface area contributed by atoms with E-state index in [4.69, 9.17) is 14.9 Å². The first-order valence-corrected chi connectivity index (χ1v) is 4.29. The topological polar surface area (TPSA) is 87.1 Å². The van der Waals surface area contributed by atoms with Gasteiger partial charge in [-0.3, -0.25) is 9.69 Å². The molecule has 2 N–H and O–H groups in total. The minimum atomic E-state index is -1.08. The minimum Gasteiger partial charge on any atom is -0.480 e. The van der Waals surface area contributed by atoms with E-state index in [9.17, 15) is 9.59 Å². The Hall–Kier alpha value is -1.14. The van der Waals surface area contributed by atoms with Crippen molar-refractivity contribution in [2.24, 2.45) is 0 Å². The quantitative estimate of drug-likeness (QED) is 0.624. The lowest BCUT2D eigenvalue weighted by Gasteiger charge is -2.19. The maximum Gasteiger partial charge on any atom is 0.329 e. The van der Waals surface area contributed by atoms with Crippen molar-refractivity contribution in [2.45, 2.75) is 18.6 Å². The number of likely N-dealkylation sites (N-methyl/N-ethyl adjacent to an activating group) is 1. The van der Waals surface area contributed by atoms with Crippen LogP contribution < -0.4 is 0 Å². The SMILES string of the molecule is CN1CC[C@@H](OCC(=O)O)[C@H]1C(=O)O. The molecule has 0 aromatic carbocycles. The molecule has 6 heteroatoms. The van der Waals surface area contributed by atoms with Crippen LogP contribution in [0, 0.1) is 0 Å². The molecule has 0 radical (unpaired) electrons. The number of hydrogen-bond donors (Lipinski definition) is 2. The molecule has 0 spiro atoms. The van der Waals surface area contributed by atoms with Crippen molar-refractivity contribution < 1.29 is 24.5 Å². The third-order valence-corrected chi connectivity index (χ3v) is 2.27. The second kappa shape index (κ2) is 4.39. The van der Waals surface area contributed by atoms with Crippen LogP contribution >= 0.6 is 0 Å². The minimum absolute atomic E-state index is 0.442. The zero-order valence-corrected chi connectivity index (χ0v) is 7.84. The van der Waals surface area contributed by atoms with Gasteiger partial charge < -0.3 is 14.9 Å². The molecule has 1 fully saturated rings. The largest absolute Gasteiger partial charge is 0.480 e. The van der Waals surface area contributed by atoms with Crippen molar-refractivity contribution in [3.05, 3.63) is 0 Å². The summed E-state index contributed by atoms with van der Waals surface area (Å²) in [4.78, 5) is 22.7. The monoisotopic (exact) mass is 203 g/mol. The van der Waals surface area contributed by atoms with Gasteiger partial charge in [0.05, 0.1) is 6.10 Å². The van der Waals surface area contributed by atoms with Gasteiger partial charge in [-0.2, -0.15) is 0 Å². The van der Waals surface area contributed by atoms with E-state index in [0.717, 1.165) is 0 Å². The molecular weight excluding hydrogens is 190 g/mol. The molecule has 0 saturated carbocycles. The molecule has 0 aromatic heterocycles. The van der Waals surface area contributed by atoms with Crippen molar-refractivity contribution in [2.75, 3.05) is 20.2 Å². The number of carboxylic acids is 2. The van der Waals surface area contributed by atoms with Crippen LogP contribution in [0.15, 0.2) is 0 Å². The van der Waals surface area contributed by atoms with Crippen LogP contribution in [-0.4, -0.2) is 59.4 Å². The second-order valence-corrected chi connectivity index (χ2v) is 3.30. The predicted molar refractivity (Wildman–Crippen MR) is 46.0 cm³/mol. The Labute approximate surface area is 81.1 Å². The summed E-state index contributed by atoms with van der Waals surface area (Å²) in [5, 5.41) is 17.2. The normalized spacial score (nSPS) is 27.8. The summed E-state index contributed by atoms with van der Waals surface area (Å²) in [5.74, 6) is -2.05. The maximum atomic E-state index is 10.8. The van der Waals surface area contributed by atoms with Crippen LogP contribution in [0.25, 0.3) is 0 Å². The van der Waals surface area contributed by atoms with Crippen LogP contribution in [0.3, 0.4) is 0 Å². The van der Waals surface area contributed by atoms with Crippen LogP contribution in [0.2, 0.25) is 0 Å². The van der Waals surface area contributed by atoms with Crippen LogP contribution in [0.1, 0.15) is 6.42 Å². The smallest absolute Gasteiger partial charge is 0.329 e. The van der Waals surface area contributed by atoms with Gasteiger partial charge >= 0.3 is 11.9 Å². The lowest BCUT2D eigenvalue weighted by molar-refractivity contribution is -0.152. The molecule has 6 nitrogen and oxygen atoms in total. The van der Waals surface area contributed by atoms with Gasteiger partial charge in [0.25, 0.3) is 0 Å². The van der Waals surface area contributed by atoms with E-state index in [1.807, 2.05) is 0 Å². The average molecular weight is 203 g/mol. The highest BCUT2D eigenvalue weighted by Crippen LogP contribution is 2.19. The molecule has 1 aliphatic rings. The summed E-state index contributed by atoms with van der Waals surface area (Å²) in [6, 6.07) is -0.727. The average Bonchev–Trinajstić information content (AvgIpc) is 2.43. The maximum absolute atomic E-state index is 10.8. The summed E-state index contributed by atoms with van der Waals surface area (Å²) in [7, 11) is 1.68. The number of likely N-dealkylation sites (tertiary alicyclic amines) is 1. The molecule has 2 atom stereocenters. The lowest BCUT2D eigenvalue weighted by atomic mass is 10.2. The fourth-order valence-electron chi connectivity index (χ4n) is 1.61. The van der Waals surface area contributed by atoms with Crippen molar-refractivity contribution in [3.63, 3.8) is 0 Å². The molecule has 1 heterocycles. The number of carbonyl (C=O) groups is 2. The fourth-order valence-corrected chi connectivity index (χ4v) is 1.61. The van der Waals surface area contributed by atoms with Crippen LogP contribution in [0.5, 0.6) is 0 Å². The van der Waals surface area contributed by atoms with Crippen LogP contribution in [-0.2, 0) is 14.3 Å². The molecule has 14 heavy (non-hydrogen) atoms. The molecule has 0 aromatic rings. The molecule has 1 rings (SSSR count). The van der Waals surface area contributed by atoms with Crippen molar-refractivity contribution in [1.29, 1.82) is 0 Å². The Morgan fingerprint density at radius 1 is 1.50 bits per heavy atom. The van der Waals surface area contributed by atoms with E-state index < -0.39 is 30.7 Å². The van der Waals surface area contributed by atoms with Crippen molar-refractivity contribution >= 4 is 11.9 Å². The van der Waals surface area contributed by atoms with E-state index in [1.165, 1.54) is 0 Å². The van der Waals surface area contributed by atoms with Gasteiger partial charge in [0.1, 0.15) is 12.6 Å². The molecular formula is C8H13NO5. The highest BCUT2D eigenvalue weighted by molar-refractivity contribution is 5.75. The van der Waals surface area contributed by atoms with Crippen molar-refractivity contribution in [1.82, 2.24) is 4.90 Å². The van der Waals surface area contributed by atoms with Gasteiger partial charge in [-0.05, 0) is 13.5 Å². The number of hydrogen-bond acceptors (Lipinski definition) is 4. The molecule has 1 aliphatic heterocycles. The summed E-state index contributed by atoms with van der Waals surface area (Å²) < 4.78 is 4.99. The van der Waals surface area contributed by atoms with E-state index in [0.29, 0.717) is 13.0 Å². The van der Waals surface area contributed by atoms with E-state index in [-0.39, 0.29) is 0 Å². The zero-order valence-electron chi connectivity index (χ0n) is 7.84. The van der Waals surface area contributed by atoms with E-state index in [1.54, 1.807) is 11.9 Å². The second-order valence-electron chi connectivity index (χ2n) is 3.30. The molecule has 0 amide bonds. The third kappa shape index (κ3) is 2.43. The van der Waals surface area contributed by atoms with E-state index in [2.05, 4.69) is 0 Å². The summed E-state index contributed by atoms with van der Waals surface area (Å²) >= 11 is 0. The van der Waals surface area contributed by atoms with Gasteiger partial charge in [-0.15, -0.1) is 0 Å². The highest BCUT2D eigenvalue weighted by atomic mass is 16.5. The highest BCUT2D eigenvalue weighted by Gasteiger charge is 2.38. The number of aliphatic carboxylic acids is 2. The number of ether oxygens (including phenoxy) is 1. The van der Waals surface area contributed by atoms with Crippen LogP contribution in [0.4, 0.5) is 0 Å². The fraction of sp³-hybridized carbons (Fsp3) is 0.750. The number of carboxylic acid groups (broad SMARTS) is 2. The van der Waals surface area contributed by atoms with Gasteiger partial charge in [0, 0.05) is 6.54 Å². The Kier molecular flexibility index (Phi) is 3.43.